The van der Waals surface area contributed by atoms with Crippen LogP contribution in [0, 0.1) is 0 Å². The number of aromatic nitrogens is 1. The Morgan fingerprint density at radius 3 is 2.83 bits per heavy atom. The van der Waals surface area contributed by atoms with Gasteiger partial charge in [0, 0.05) is 29.9 Å². The maximum absolute atomic E-state index is 6.13. The average Bonchev–Trinajstić information content (AvgIpc) is 3.09. The quantitative estimate of drug-likeness (QED) is 0.837. The van der Waals surface area contributed by atoms with E-state index in [9.17, 15) is 0 Å². The third-order valence-electron chi connectivity index (χ3n) is 4.01. The summed E-state index contributed by atoms with van der Waals surface area (Å²) in [7, 11) is 0. The molecule has 1 aromatic heterocycles. The second-order valence-electron chi connectivity index (χ2n) is 5.72. The smallest absolute Gasteiger partial charge is 0.126 e. The van der Waals surface area contributed by atoms with E-state index >= 15 is 0 Å². The Bertz CT molecular complexity index is 615. The summed E-state index contributed by atoms with van der Waals surface area (Å²) in [4.78, 5) is 6.71. The van der Waals surface area contributed by atoms with E-state index in [1.165, 1.54) is 25.9 Å². The lowest BCUT2D eigenvalue weighted by Gasteiger charge is -2.17. The van der Waals surface area contributed by atoms with Gasteiger partial charge < -0.3 is 10.1 Å². The van der Waals surface area contributed by atoms with Crippen molar-refractivity contribution in [1.29, 1.82) is 0 Å². The summed E-state index contributed by atoms with van der Waals surface area (Å²) in [5.74, 6) is 1.73. The van der Waals surface area contributed by atoms with Crippen molar-refractivity contribution in [2.45, 2.75) is 19.4 Å². The minimum atomic E-state index is 0.636. The summed E-state index contributed by atoms with van der Waals surface area (Å²) < 4.78 is 5.98. The van der Waals surface area contributed by atoms with Crippen molar-refractivity contribution < 1.29 is 4.74 Å². The molecule has 3 rings (SSSR count). The number of nitrogens with one attached hydrogen (secondary N) is 1. The highest BCUT2D eigenvalue weighted by Crippen LogP contribution is 2.24. The Hall–Kier alpha value is -1.78. The first kappa shape index (κ1) is 16.1. The summed E-state index contributed by atoms with van der Waals surface area (Å²) in [5, 5.41) is 4.02. The molecule has 23 heavy (non-hydrogen) atoms. The summed E-state index contributed by atoms with van der Waals surface area (Å²) in [6, 6.07) is 11.6. The van der Waals surface area contributed by atoms with Crippen LogP contribution in [0.3, 0.4) is 0 Å². The van der Waals surface area contributed by atoms with Crippen molar-refractivity contribution in [3.05, 3.63) is 53.2 Å². The van der Waals surface area contributed by atoms with Crippen molar-refractivity contribution in [3.63, 3.8) is 0 Å². The first-order valence-corrected chi connectivity index (χ1v) is 8.47. The van der Waals surface area contributed by atoms with Gasteiger partial charge in [0.15, 0.2) is 0 Å². The van der Waals surface area contributed by atoms with E-state index in [1.807, 2.05) is 36.4 Å². The van der Waals surface area contributed by atoms with Crippen LogP contribution in [0.15, 0.2) is 42.6 Å². The van der Waals surface area contributed by atoms with Crippen LogP contribution in [-0.2, 0) is 6.54 Å². The molecule has 1 aliphatic rings. The van der Waals surface area contributed by atoms with Gasteiger partial charge in [-0.15, -0.1) is 0 Å². The predicted octanol–water partition coefficient (Wildman–Crippen LogP) is 3.82. The van der Waals surface area contributed by atoms with Gasteiger partial charge in [-0.3, -0.25) is 4.90 Å². The molecule has 0 aliphatic carbocycles. The van der Waals surface area contributed by atoms with Gasteiger partial charge in [-0.05, 0) is 56.3 Å². The van der Waals surface area contributed by atoms with Crippen LogP contribution in [0.4, 0.5) is 5.82 Å². The number of ether oxygens (including phenoxy) is 1. The predicted molar refractivity (Wildman–Crippen MR) is 94.2 cm³/mol. The Morgan fingerprint density at radius 2 is 2.04 bits per heavy atom. The molecule has 5 heteroatoms. The number of hydrogen-bond acceptors (Lipinski definition) is 4. The lowest BCUT2D eigenvalue weighted by atomic mass is 10.2. The van der Waals surface area contributed by atoms with E-state index in [4.69, 9.17) is 16.3 Å². The van der Waals surface area contributed by atoms with Crippen LogP contribution in [0.2, 0.25) is 5.02 Å². The molecule has 0 atom stereocenters. The van der Waals surface area contributed by atoms with Gasteiger partial charge in [0.1, 0.15) is 18.2 Å². The van der Waals surface area contributed by atoms with E-state index in [0.717, 1.165) is 28.7 Å². The molecule has 0 unspecified atom stereocenters. The minimum absolute atomic E-state index is 0.636. The maximum Gasteiger partial charge on any atom is 0.126 e. The summed E-state index contributed by atoms with van der Waals surface area (Å²) in [6.07, 6.45) is 4.38. The second-order valence-corrected chi connectivity index (χ2v) is 6.15. The molecule has 2 aromatic rings. The number of hydrogen-bond donors (Lipinski definition) is 1. The zero-order valence-corrected chi connectivity index (χ0v) is 13.9. The fourth-order valence-corrected chi connectivity index (χ4v) is 2.97. The molecule has 122 valence electrons. The molecule has 0 spiro atoms. The highest BCUT2D eigenvalue weighted by molar-refractivity contribution is 6.30. The van der Waals surface area contributed by atoms with Gasteiger partial charge in [0.05, 0.1) is 0 Å². The van der Waals surface area contributed by atoms with Crippen LogP contribution in [0.1, 0.15) is 18.4 Å². The molecule has 0 radical (unpaired) electrons. The van der Waals surface area contributed by atoms with Gasteiger partial charge in [0.25, 0.3) is 0 Å². The standard InChI is InChI=1S/C18H22ClN3O/c19-16-6-7-17(23-12-11-22-9-3-4-10-22)15(13-16)14-21-18-5-1-2-8-20-18/h1-2,5-8,13H,3-4,9-12,14H2,(H,20,21). The van der Waals surface area contributed by atoms with Crippen LogP contribution in [0.25, 0.3) is 0 Å². The number of anilines is 1. The molecular formula is C18H22ClN3O. The third-order valence-corrected chi connectivity index (χ3v) is 4.25. The van der Waals surface area contributed by atoms with E-state index in [1.54, 1.807) is 6.20 Å². The zero-order valence-electron chi connectivity index (χ0n) is 13.2. The summed E-state index contributed by atoms with van der Waals surface area (Å²) in [5.41, 5.74) is 1.05. The Balaban J connectivity index is 1.58. The Morgan fingerprint density at radius 1 is 1.17 bits per heavy atom. The summed E-state index contributed by atoms with van der Waals surface area (Å²) >= 11 is 6.13. The summed E-state index contributed by atoms with van der Waals surface area (Å²) in [6.45, 7) is 4.71. The molecule has 2 heterocycles. The zero-order chi connectivity index (χ0) is 15.9. The Kier molecular flexibility index (Phi) is 5.72. The molecule has 1 N–H and O–H groups in total. The molecule has 0 bridgehead atoms. The van der Waals surface area contributed by atoms with Crippen LogP contribution in [0.5, 0.6) is 5.75 Å². The lowest BCUT2D eigenvalue weighted by Crippen LogP contribution is -2.25. The fourth-order valence-electron chi connectivity index (χ4n) is 2.77. The van der Waals surface area contributed by atoms with E-state index < -0.39 is 0 Å². The van der Waals surface area contributed by atoms with Gasteiger partial charge in [-0.2, -0.15) is 0 Å². The normalized spacial score (nSPS) is 14.8. The first-order chi connectivity index (χ1) is 11.3. The molecule has 1 fully saturated rings. The van der Waals surface area contributed by atoms with Crippen molar-refractivity contribution in [1.82, 2.24) is 9.88 Å². The second kappa shape index (κ2) is 8.18. The third kappa shape index (κ3) is 4.85. The highest BCUT2D eigenvalue weighted by Gasteiger charge is 2.11. The topological polar surface area (TPSA) is 37.4 Å². The molecular weight excluding hydrogens is 310 g/mol. The molecule has 0 saturated carbocycles. The molecule has 0 amide bonds. The Labute approximate surface area is 142 Å². The number of rotatable bonds is 7. The van der Waals surface area contributed by atoms with Crippen molar-refractivity contribution >= 4 is 17.4 Å². The molecule has 4 nitrogen and oxygen atoms in total. The molecule has 1 aliphatic heterocycles. The van der Waals surface area contributed by atoms with Gasteiger partial charge >= 0.3 is 0 Å². The first-order valence-electron chi connectivity index (χ1n) is 8.10. The number of nitrogens with zero attached hydrogens (tertiary/aromatic N) is 2. The van der Waals surface area contributed by atoms with Crippen molar-refractivity contribution in [2.75, 3.05) is 31.6 Å². The lowest BCUT2D eigenvalue weighted by molar-refractivity contribution is 0.236. The average molecular weight is 332 g/mol. The number of benzene rings is 1. The van der Waals surface area contributed by atoms with Gasteiger partial charge in [-0.1, -0.05) is 17.7 Å². The monoisotopic (exact) mass is 331 g/mol. The van der Waals surface area contributed by atoms with Gasteiger partial charge in [0.2, 0.25) is 0 Å². The SMILES string of the molecule is Clc1ccc(OCCN2CCCC2)c(CNc2ccccn2)c1. The molecule has 1 aromatic carbocycles. The number of halogens is 1. The van der Waals surface area contributed by atoms with Crippen LogP contribution >= 0.6 is 11.6 Å². The minimum Gasteiger partial charge on any atom is -0.492 e. The van der Waals surface area contributed by atoms with Crippen LogP contribution in [-0.4, -0.2) is 36.1 Å². The van der Waals surface area contributed by atoms with E-state index in [-0.39, 0.29) is 0 Å². The van der Waals surface area contributed by atoms with Crippen molar-refractivity contribution in [3.8, 4) is 5.75 Å². The molecule has 1 saturated heterocycles. The maximum atomic E-state index is 6.13. The van der Waals surface area contributed by atoms with Crippen LogP contribution < -0.4 is 10.1 Å². The number of pyridine rings is 1. The number of likely N-dealkylation sites (tertiary alicyclic amines) is 1. The van der Waals surface area contributed by atoms with E-state index in [2.05, 4.69) is 15.2 Å². The van der Waals surface area contributed by atoms with Gasteiger partial charge in [-0.25, -0.2) is 4.98 Å². The van der Waals surface area contributed by atoms with E-state index in [0.29, 0.717) is 13.2 Å². The fraction of sp³-hybridized carbons (Fsp3) is 0.389. The largest absolute Gasteiger partial charge is 0.492 e. The van der Waals surface area contributed by atoms with Crippen molar-refractivity contribution in [2.24, 2.45) is 0 Å². The highest BCUT2D eigenvalue weighted by atomic mass is 35.5.